The number of nitrogens with one attached hydrogen (secondary N) is 1. The molecule has 102 valence electrons. The number of carbonyl (C=O) groups is 2. The van der Waals surface area contributed by atoms with Gasteiger partial charge in [-0.3, -0.25) is 9.59 Å². The molecule has 0 aromatic heterocycles. The van der Waals surface area contributed by atoms with Crippen LogP contribution in [0, 0.1) is 18.6 Å². The van der Waals surface area contributed by atoms with Crippen LogP contribution in [0.4, 0.5) is 14.5 Å². The summed E-state index contributed by atoms with van der Waals surface area (Å²) in [7, 11) is 0. The van der Waals surface area contributed by atoms with Crippen LogP contribution >= 0.6 is 0 Å². The Balaban J connectivity index is 2.19. The van der Waals surface area contributed by atoms with Crippen molar-refractivity contribution in [2.45, 2.75) is 6.92 Å². The Hall–Kier alpha value is -2.56. The van der Waals surface area contributed by atoms with Crippen LogP contribution in [0.2, 0.25) is 0 Å². The highest BCUT2D eigenvalue weighted by atomic mass is 19.1. The van der Waals surface area contributed by atoms with E-state index in [2.05, 4.69) is 5.32 Å². The van der Waals surface area contributed by atoms with Crippen molar-refractivity contribution in [2.24, 2.45) is 0 Å². The molecule has 0 saturated carbocycles. The fourth-order valence-electron chi connectivity index (χ4n) is 1.66. The van der Waals surface area contributed by atoms with Gasteiger partial charge in [0.15, 0.2) is 0 Å². The third-order valence-electron chi connectivity index (χ3n) is 2.75. The highest BCUT2D eigenvalue weighted by Gasteiger charge is 2.18. The van der Waals surface area contributed by atoms with Crippen molar-refractivity contribution in [1.82, 2.24) is 0 Å². The summed E-state index contributed by atoms with van der Waals surface area (Å²) in [5, 5.41) is 2.19. The Labute approximate surface area is 114 Å². The third-order valence-corrected chi connectivity index (χ3v) is 2.75. The van der Waals surface area contributed by atoms with Crippen LogP contribution < -0.4 is 5.32 Å². The normalized spacial score (nSPS) is 10.2. The largest absolute Gasteiger partial charge is 0.317 e. The second kappa shape index (κ2) is 5.61. The van der Waals surface area contributed by atoms with E-state index < -0.39 is 23.3 Å². The summed E-state index contributed by atoms with van der Waals surface area (Å²) in [5.74, 6) is -2.92. The Kier molecular flexibility index (Phi) is 3.89. The van der Waals surface area contributed by atoms with E-state index in [9.17, 15) is 18.4 Å². The maximum Gasteiger partial charge on any atom is 0.296 e. The molecule has 1 N–H and O–H groups in total. The molecule has 0 saturated heterocycles. The maximum absolute atomic E-state index is 13.4. The first-order valence-corrected chi connectivity index (χ1v) is 5.85. The molecule has 0 aliphatic rings. The highest BCUT2D eigenvalue weighted by molar-refractivity contribution is 6.46. The van der Waals surface area contributed by atoms with E-state index in [1.165, 1.54) is 43.3 Å². The predicted molar refractivity (Wildman–Crippen MR) is 70.5 cm³/mol. The SMILES string of the molecule is Cc1cc(C(=O)C(=O)Nc2ccccc2F)ccc1F. The van der Waals surface area contributed by atoms with Crippen molar-refractivity contribution in [3.8, 4) is 0 Å². The number of benzene rings is 2. The van der Waals surface area contributed by atoms with Crippen molar-refractivity contribution < 1.29 is 18.4 Å². The summed E-state index contributed by atoms with van der Waals surface area (Å²) in [4.78, 5) is 23.6. The average molecular weight is 275 g/mol. The quantitative estimate of drug-likeness (QED) is 0.691. The van der Waals surface area contributed by atoms with Gasteiger partial charge in [-0.15, -0.1) is 0 Å². The fraction of sp³-hybridized carbons (Fsp3) is 0.0667. The van der Waals surface area contributed by atoms with E-state index >= 15 is 0 Å². The van der Waals surface area contributed by atoms with E-state index in [0.717, 1.165) is 6.07 Å². The van der Waals surface area contributed by atoms with Gasteiger partial charge >= 0.3 is 0 Å². The molecule has 2 rings (SSSR count). The monoisotopic (exact) mass is 275 g/mol. The van der Waals surface area contributed by atoms with E-state index in [0.29, 0.717) is 0 Å². The van der Waals surface area contributed by atoms with Crippen molar-refractivity contribution in [2.75, 3.05) is 5.32 Å². The summed E-state index contributed by atoms with van der Waals surface area (Å²) >= 11 is 0. The summed E-state index contributed by atoms with van der Waals surface area (Å²) in [5.41, 5.74) is 0.233. The number of hydrogen-bond donors (Lipinski definition) is 1. The number of para-hydroxylation sites is 1. The molecule has 0 spiro atoms. The molecule has 1 amide bonds. The molecule has 0 unspecified atom stereocenters. The smallest absolute Gasteiger partial charge is 0.296 e. The molecule has 20 heavy (non-hydrogen) atoms. The lowest BCUT2D eigenvalue weighted by Crippen LogP contribution is -2.23. The molecule has 0 fully saturated rings. The van der Waals surface area contributed by atoms with Crippen molar-refractivity contribution in [1.29, 1.82) is 0 Å². The Morgan fingerprint density at radius 3 is 2.35 bits per heavy atom. The summed E-state index contributed by atoms with van der Waals surface area (Å²) < 4.78 is 26.5. The molecule has 0 aliphatic carbocycles. The van der Waals surface area contributed by atoms with Crippen LogP contribution in [-0.4, -0.2) is 11.7 Å². The Bertz CT molecular complexity index is 683. The fourth-order valence-corrected chi connectivity index (χ4v) is 1.66. The standard InChI is InChI=1S/C15H11F2NO2/c1-9-8-10(6-7-11(9)16)14(19)15(20)18-13-5-3-2-4-12(13)17/h2-8H,1H3,(H,18,20). The summed E-state index contributed by atoms with van der Waals surface area (Å²) in [6, 6.07) is 9.11. The molecule has 0 atom stereocenters. The molecular formula is C15H11F2NO2. The number of ketones is 1. The van der Waals surface area contributed by atoms with E-state index in [4.69, 9.17) is 0 Å². The molecule has 3 nitrogen and oxygen atoms in total. The molecular weight excluding hydrogens is 264 g/mol. The lowest BCUT2D eigenvalue weighted by atomic mass is 10.1. The number of carbonyl (C=O) groups excluding carboxylic acids is 2. The van der Waals surface area contributed by atoms with Crippen molar-refractivity contribution >= 4 is 17.4 Å². The second-order valence-electron chi connectivity index (χ2n) is 4.23. The van der Waals surface area contributed by atoms with E-state index in [1.807, 2.05) is 0 Å². The van der Waals surface area contributed by atoms with Gasteiger partial charge in [0.1, 0.15) is 11.6 Å². The number of hydrogen-bond acceptors (Lipinski definition) is 2. The van der Waals surface area contributed by atoms with Crippen molar-refractivity contribution in [3.63, 3.8) is 0 Å². The van der Waals surface area contributed by atoms with Crippen LogP contribution in [0.3, 0.4) is 0 Å². The van der Waals surface area contributed by atoms with Gasteiger partial charge in [0.2, 0.25) is 0 Å². The number of aryl methyl sites for hydroxylation is 1. The molecule has 0 bridgehead atoms. The third kappa shape index (κ3) is 2.88. The van der Waals surface area contributed by atoms with Crippen LogP contribution in [-0.2, 0) is 4.79 Å². The van der Waals surface area contributed by atoms with Gasteiger partial charge in [0, 0.05) is 5.56 Å². The zero-order valence-corrected chi connectivity index (χ0v) is 10.6. The first-order chi connectivity index (χ1) is 9.49. The summed E-state index contributed by atoms with van der Waals surface area (Å²) in [6.45, 7) is 1.49. The van der Waals surface area contributed by atoms with Gasteiger partial charge in [0.25, 0.3) is 11.7 Å². The van der Waals surface area contributed by atoms with Crippen LogP contribution in [0.15, 0.2) is 42.5 Å². The highest BCUT2D eigenvalue weighted by Crippen LogP contribution is 2.14. The molecule has 2 aromatic carbocycles. The van der Waals surface area contributed by atoms with Gasteiger partial charge in [0.05, 0.1) is 5.69 Å². The minimum absolute atomic E-state index is 0.0535. The first kappa shape index (κ1) is 13.9. The van der Waals surface area contributed by atoms with E-state index in [-0.39, 0.29) is 16.8 Å². The zero-order chi connectivity index (χ0) is 14.7. The van der Waals surface area contributed by atoms with Gasteiger partial charge < -0.3 is 5.32 Å². The number of anilines is 1. The molecule has 0 heterocycles. The summed E-state index contributed by atoms with van der Waals surface area (Å²) in [6.07, 6.45) is 0. The zero-order valence-electron chi connectivity index (χ0n) is 10.6. The number of Topliss-reactive ketones (excluding diaryl/α,β-unsaturated/α-hetero) is 1. The van der Waals surface area contributed by atoms with Crippen LogP contribution in [0.25, 0.3) is 0 Å². The van der Waals surface area contributed by atoms with Crippen molar-refractivity contribution in [3.05, 3.63) is 65.2 Å². The predicted octanol–water partition coefficient (Wildman–Crippen LogP) is 3.09. The lowest BCUT2D eigenvalue weighted by Gasteiger charge is -2.06. The van der Waals surface area contributed by atoms with Gasteiger partial charge in [-0.2, -0.15) is 0 Å². The van der Waals surface area contributed by atoms with Gasteiger partial charge in [-0.25, -0.2) is 8.78 Å². The minimum Gasteiger partial charge on any atom is -0.317 e. The van der Waals surface area contributed by atoms with E-state index in [1.54, 1.807) is 0 Å². The molecule has 5 heteroatoms. The van der Waals surface area contributed by atoms with Crippen LogP contribution in [0.1, 0.15) is 15.9 Å². The number of halogens is 2. The molecule has 0 aliphatic heterocycles. The number of rotatable bonds is 3. The maximum atomic E-state index is 13.4. The molecule has 0 radical (unpaired) electrons. The topological polar surface area (TPSA) is 46.2 Å². The molecule has 2 aromatic rings. The first-order valence-electron chi connectivity index (χ1n) is 5.85. The van der Waals surface area contributed by atoms with Gasteiger partial charge in [-0.05, 0) is 42.8 Å². The Morgan fingerprint density at radius 2 is 1.70 bits per heavy atom. The number of amides is 1. The minimum atomic E-state index is -0.971. The second-order valence-corrected chi connectivity index (χ2v) is 4.23. The van der Waals surface area contributed by atoms with Gasteiger partial charge in [-0.1, -0.05) is 12.1 Å². The van der Waals surface area contributed by atoms with Crippen LogP contribution in [0.5, 0.6) is 0 Å². The lowest BCUT2D eigenvalue weighted by molar-refractivity contribution is -0.112. The Morgan fingerprint density at radius 1 is 1.00 bits per heavy atom. The average Bonchev–Trinajstić information content (AvgIpc) is 2.43.